The van der Waals surface area contributed by atoms with Crippen molar-refractivity contribution in [2.75, 3.05) is 13.2 Å². The molecule has 47 heavy (non-hydrogen) atoms. The van der Waals surface area contributed by atoms with Gasteiger partial charge in [-0.2, -0.15) is 0 Å². The standard InChI is InChI=1S/C41H78O6/c1-3-5-7-9-11-13-15-17-19-21-23-25-27-29-31-33-40(44)46-36-38(35-39(42)43)37-47-41(45)34-32-30-28-26-24-22-20-18-16-14-12-10-8-6-4-2/h38H,3-37H2,1-2H3,(H,42,43). The Labute approximate surface area is 291 Å². The predicted octanol–water partition coefficient (Wildman–Crippen LogP) is 12.7. The van der Waals surface area contributed by atoms with Crippen LogP contribution in [0.25, 0.3) is 0 Å². The summed E-state index contributed by atoms with van der Waals surface area (Å²) < 4.78 is 10.7. The first-order chi connectivity index (χ1) is 23.0. The molecular formula is C41H78O6. The average Bonchev–Trinajstić information content (AvgIpc) is 3.05. The molecular weight excluding hydrogens is 588 g/mol. The molecule has 0 aromatic heterocycles. The van der Waals surface area contributed by atoms with Crippen LogP contribution in [-0.2, 0) is 23.9 Å². The lowest BCUT2D eigenvalue weighted by molar-refractivity contribution is -0.152. The van der Waals surface area contributed by atoms with Crippen molar-refractivity contribution in [1.82, 2.24) is 0 Å². The van der Waals surface area contributed by atoms with E-state index < -0.39 is 11.9 Å². The third-order valence-electron chi connectivity index (χ3n) is 9.39. The van der Waals surface area contributed by atoms with Crippen molar-refractivity contribution >= 4 is 17.9 Å². The Bertz CT molecular complexity index is 643. The zero-order chi connectivity index (χ0) is 34.5. The van der Waals surface area contributed by atoms with E-state index in [0.717, 1.165) is 38.5 Å². The molecule has 0 spiro atoms. The van der Waals surface area contributed by atoms with Crippen molar-refractivity contribution in [1.29, 1.82) is 0 Å². The van der Waals surface area contributed by atoms with Gasteiger partial charge in [-0.15, -0.1) is 0 Å². The van der Waals surface area contributed by atoms with Gasteiger partial charge < -0.3 is 14.6 Å². The summed E-state index contributed by atoms with van der Waals surface area (Å²) in [6.07, 6.45) is 38.8. The molecule has 0 radical (unpaired) electrons. The van der Waals surface area contributed by atoms with Gasteiger partial charge in [0.05, 0.1) is 19.6 Å². The van der Waals surface area contributed by atoms with Gasteiger partial charge in [-0.1, -0.05) is 194 Å². The minimum Gasteiger partial charge on any atom is -0.481 e. The number of carbonyl (C=O) groups is 3. The largest absolute Gasteiger partial charge is 0.481 e. The highest BCUT2D eigenvalue weighted by molar-refractivity contribution is 5.70. The minimum atomic E-state index is -0.980. The Balaban J connectivity index is 3.69. The van der Waals surface area contributed by atoms with Crippen LogP contribution in [-0.4, -0.2) is 36.2 Å². The maximum absolute atomic E-state index is 12.2. The molecule has 0 aromatic rings. The molecule has 0 heterocycles. The van der Waals surface area contributed by atoms with Crippen molar-refractivity contribution in [3.05, 3.63) is 0 Å². The Morgan fingerprint density at radius 3 is 0.872 bits per heavy atom. The fourth-order valence-electron chi connectivity index (χ4n) is 6.26. The number of rotatable bonds is 38. The van der Waals surface area contributed by atoms with Gasteiger partial charge in [0.15, 0.2) is 0 Å². The lowest BCUT2D eigenvalue weighted by atomic mass is 10.0. The van der Waals surface area contributed by atoms with Crippen LogP contribution >= 0.6 is 0 Å². The molecule has 278 valence electrons. The first-order valence-corrected chi connectivity index (χ1v) is 20.5. The lowest BCUT2D eigenvalue weighted by Crippen LogP contribution is -2.23. The van der Waals surface area contributed by atoms with E-state index in [-0.39, 0.29) is 31.6 Å². The van der Waals surface area contributed by atoms with Gasteiger partial charge in [0, 0.05) is 18.8 Å². The number of carbonyl (C=O) groups excluding carboxylic acids is 2. The molecule has 0 amide bonds. The molecule has 0 fully saturated rings. The number of carboxylic acid groups (broad SMARTS) is 1. The SMILES string of the molecule is CCCCCCCCCCCCCCCCCC(=O)OCC(COC(=O)CCCCCCCCCCCCCCCCC)CC(=O)O. The Kier molecular flexibility index (Phi) is 36.0. The van der Waals surface area contributed by atoms with Crippen LogP contribution in [0.15, 0.2) is 0 Å². The zero-order valence-electron chi connectivity index (χ0n) is 31.3. The van der Waals surface area contributed by atoms with Crippen molar-refractivity contribution < 1.29 is 29.0 Å². The molecule has 1 N–H and O–H groups in total. The van der Waals surface area contributed by atoms with E-state index in [0.29, 0.717) is 12.8 Å². The van der Waals surface area contributed by atoms with E-state index in [1.807, 2.05) is 0 Å². The molecule has 0 bridgehead atoms. The van der Waals surface area contributed by atoms with E-state index in [4.69, 9.17) is 9.47 Å². The van der Waals surface area contributed by atoms with Crippen LogP contribution in [0.1, 0.15) is 226 Å². The summed E-state index contributed by atoms with van der Waals surface area (Å²) in [5, 5.41) is 9.24. The van der Waals surface area contributed by atoms with Gasteiger partial charge >= 0.3 is 17.9 Å². The fourth-order valence-corrected chi connectivity index (χ4v) is 6.26. The van der Waals surface area contributed by atoms with Crippen LogP contribution < -0.4 is 0 Å². The summed E-state index contributed by atoms with van der Waals surface area (Å²) in [4.78, 5) is 35.7. The average molecular weight is 667 g/mol. The molecule has 0 aromatic carbocycles. The number of carboxylic acids is 1. The fraction of sp³-hybridized carbons (Fsp3) is 0.927. The topological polar surface area (TPSA) is 89.9 Å². The molecule has 0 aliphatic carbocycles. The van der Waals surface area contributed by atoms with Crippen LogP contribution in [0.5, 0.6) is 0 Å². The van der Waals surface area contributed by atoms with Gasteiger partial charge in [-0.25, -0.2) is 0 Å². The van der Waals surface area contributed by atoms with E-state index in [9.17, 15) is 19.5 Å². The molecule has 0 atom stereocenters. The Morgan fingerprint density at radius 1 is 0.404 bits per heavy atom. The highest BCUT2D eigenvalue weighted by Gasteiger charge is 2.18. The highest BCUT2D eigenvalue weighted by Crippen LogP contribution is 2.16. The van der Waals surface area contributed by atoms with E-state index >= 15 is 0 Å². The smallest absolute Gasteiger partial charge is 0.305 e. The van der Waals surface area contributed by atoms with Crippen LogP contribution in [0, 0.1) is 5.92 Å². The summed E-state index contributed by atoms with van der Waals surface area (Å²) in [5.74, 6) is -2.08. The molecule has 0 unspecified atom stereocenters. The lowest BCUT2D eigenvalue weighted by Gasteiger charge is -2.15. The number of unbranched alkanes of at least 4 members (excludes halogenated alkanes) is 28. The summed E-state index contributed by atoms with van der Waals surface area (Å²) >= 11 is 0. The van der Waals surface area contributed by atoms with E-state index in [2.05, 4.69) is 13.8 Å². The summed E-state index contributed by atoms with van der Waals surface area (Å²) in [7, 11) is 0. The van der Waals surface area contributed by atoms with Crippen molar-refractivity contribution in [2.45, 2.75) is 226 Å². The van der Waals surface area contributed by atoms with Gasteiger partial charge in [0.1, 0.15) is 0 Å². The van der Waals surface area contributed by atoms with Crippen LogP contribution in [0.4, 0.5) is 0 Å². The number of esters is 2. The van der Waals surface area contributed by atoms with Crippen molar-refractivity contribution in [3.63, 3.8) is 0 Å². The minimum absolute atomic E-state index is 0.0177. The second-order valence-corrected chi connectivity index (χ2v) is 14.2. The summed E-state index contributed by atoms with van der Waals surface area (Å²) in [6, 6.07) is 0. The molecule has 0 aliphatic rings. The first kappa shape index (κ1) is 45.4. The molecule has 0 aliphatic heterocycles. The van der Waals surface area contributed by atoms with E-state index in [1.54, 1.807) is 0 Å². The molecule has 0 saturated heterocycles. The van der Waals surface area contributed by atoms with Gasteiger partial charge in [0.2, 0.25) is 0 Å². The first-order valence-electron chi connectivity index (χ1n) is 20.5. The number of ether oxygens (including phenoxy) is 2. The second-order valence-electron chi connectivity index (χ2n) is 14.2. The number of hydrogen-bond acceptors (Lipinski definition) is 5. The maximum atomic E-state index is 12.2. The van der Waals surface area contributed by atoms with Gasteiger partial charge in [-0.05, 0) is 12.8 Å². The van der Waals surface area contributed by atoms with Crippen LogP contribution in [0.2, 0.25) is 0 Å². The Hall–Kier alpha value is -1.59. The van der Waals surface area contributed by atoms with E-state index in [1.165, 1.54) is 154 Å². The Morgan fingerprint density at radius 2 is 0.638 bits per heavy atom. The summed E-state index contributed by atoms with van der Waals surface area (Å²) in [6.45, 7) is 4.49. The molecule has 6 nitrogen and oxygen atoms in total. The van der Waals surface area contributed by atoms with Gasteiger partial charge in [-0.3, -0.25) is 14.4 Å². The quantitative estimate of drug-likeness (QED) is 0.0521. The van der Waals surface area contributed by atoms with Crippen molar-refractivity contribution in [3.8, 4) is 0 Å². The monoisotopic (exact) mass is 667 g/mol. The molecule has 0 rings (SSSR count). The summed E-state index contributed by atoms with van der Waals surface area (Å²) in [5.41, 5.74) is 0. The molecule has 0 saturated carbocycles. The number of hydrogen-bond donors (Lipinski definition) is 1. The third kappa shape index (κ3) is 37.1. The normalized spacial score (nSPS) is 11.3. The van der Waals surface area contributed by atoms with Crippen molar-refractivity contribution in [2.24, 2.45) is 5.92 Å². The maximum Gasteiger partial charge on any atom is 0.305 e. The number of aliphatic carboxylic acids is 1. The third-order valence-corrected chi connectivity index (χ3v) is 9.39. The van der Waals surface area contributed by atoms with Crippen LogP contribution in [0.3, 0.4) is 0 Å². The second kappa shape index (κ2) is 37.2. The molecule has 6 heteroatoms. The predicted molar refractivity (Wildman–Crippen MR) is 197 cm³/mol. The highest BCUT2D eigenvalue weighted by atomic mass is 16.5. The zero-order valence-corrected chi connectivity index (χ0v) is 31.3. The van der Waals surface area contributed by atoms with Gasteiger partial charge in [0.25, 0.3) is 0 Å².